The lowest BCUT2D eigenvalue weighted by atomic mass is 10.1. The van der Waals surface area contributed by atoms with Crippen molar-refractivity contribution in [3.8, 4) is 11.4 Å². The van der Waals surface area contributed by atoms with Gasteiger partial charge in [0.1, 0.15) is 0 Å². The maximum Gasteiger partial charge on any atom is 0.280 e. The van der Waals surface area contributed by atoms with Crippen LogP contribution in [0.1, 0.15) is 29.9 Å². The highest BCUT2D eigenvalue weighted by atomic mass is 79.9. The molecule has 9 heteroatoms. The molecule has 3 aromatic rings. The highest BCUT2D eigenvalue weighted by Gasteiger charge is 2.18. The Labute approximate surface area is 180 Å². The fourth-order valence-corrected chi connectivity index (χ4v) is 3.10. The van der Waals surface area contributed by atoms with E-state index in [4.69, 9.17) is 0 Å². The highest BCUT2D eigenvalue weighted by molar-refractivity contribution is 9.10. The number of aromatic nitrogens is 2. The third kappa shape index (κ3) is 4.74. The minimum Gasteiger partial charge on any atom is -0.505 e. The molecule has 0 saturated carbocycles. The molecule has 0 spiro atoms. The standard InChI is InChI=1S/C21H19BrN4O4/c1-3-13-4-7-15(23-12(2)27)10-17(13)24-21(30)20-18(28)11-19(29)26(25-20)16-8-5-14(22)6-9-16/h4-11,28H,3H2,1-2H3,(H,23,27)(H,24,30). The molecule has 3 rings (SSSR count). The number of anilines is 2. The van der Waals surface area contributed by atoms with Gasteiger partial charge in [-0.2, -0.15) is 9.78 Å². The predicted molar refractivity (Wildman–Crippen MR) is 117 cm³/mol. The molecule has 0 aliphatic rings. The number of hydrogen-bond donors (Lipinski definition) is 3. The van der Waals surface area contributed by atoms with E-state index in [0.717, 1.165) is 20.8 Å². The van der Waals surface area contributed by atoms with Gasteiger partial charge in [-0.1, -0.05) is 28.9 Å². The number of carbonyl (C=O) groups excluding carboxylic acids is 2. The molecule has 1 aromatic heterocycles. The zero-order chi connectivity index (χ0) is 21.8. The molecule has 2 aromatic carbocycles. The second kappa shape index (κ2) is 8.91. The number of hydrogen-bond acceptors (Lipinski definition) is 5. The molecule has 0 aliphatic heterocycles. The number of amides is 2. The second-order valence-electron chi connectivity index (χ2n) is 6.47. The third-order valence-electron chi connectivity index (χ3n) is 4.26. The monoisotopic (exact) mass is 470 g/mol. The van der Waals surface area contributed by atoms with Crippen molar-refractivity contribution in [1.29, 1.82) is 0 Å². The van der Waals surface area contributed by atoms with Crippen molar-refractivity contribution >= 4 is 39.1 Å². The van der Waals surface area contributed by atoms with Crippen molar-refractivity contribution in [1.82, 2.24) is 9.78 Å². The normalized spacial score (nSPS) is 10.5. The predicted octanol–water partition coefficient (Wildman–Crippen LogP) is 3.47. The minimum absolute atomic E-state index is 0.239. The van der Waals surface area contributed by atoms with Crippen molar-refractivity contribution in [2.75, 3.05) is 10.6 Å². The van der Waals surface area contributed by atoms with Crippen LogP contribution < -0.4 is 16.2 Å². The Morgan fingerprint density at radius 1 is 1.10 bits per heavy atom. The van der Waals surface area contributed by atoms with Gasteiger partial charge in [-0.3, -0.25) is 14.4 Å². The van der Waals surface area contributed by atoms with Crippen molar-refractivity contribution in [3.63, 3.8) is 0 Å². The number of nitrogens with zero attached hydrogens (tertiary/aromatic N) is 2. The molecule has 3 N–H and O–H groups in total. The summed E-state index contributed by atoms with van der Waals surface area (Å²) in [6.07, 6.45) is 0.633. The van der Waals surface area contributed by atoms with Crippen LogP contribution in [0.3, 0.4) is 0 Å². The Balaban J connectivity index is 1.97. The van der Waals surface area contributed by atoms with Gasteiger partial charge in [0.2, 0.25) is 5.91 Å². The summed E-state index contributed by atoms with van der Waals surface area (Å²) in [5, 5.41) is 19.6. The summed E-state index contributed by atoms with van der Waals surface area (Å²) in [4.78, 5) is 36.4. The largest absolute Gasteiger partial charge is 0.505 e. The molecule has 0 aliphatic carbocycles. The van der Waals surface area contributed by atoms with Crippen molar-refractivity contribution in [2.45, 2.75) is 20.3 Å². The van der Waals surface area contributed by atoms with Crippen LogP contribution in [0.15, 0.2) is 57.8 Å². The van der Waals surface area contributed by atoms with E-state index in [1.165, 1.54) is 6.92 Å². The fraction of sp³-hybridized carbons (Fsp3) is 0.143. The summed E-state index contributed by atoms with van der Waals surface area (Å²) < 4.78 is 1.86. The van der Waals surface area contributed by atoms with E-state index in [2.05, 4.69) is 31.7 Å². The Hall–Kier alpha value is -3.46. The average molecular weight is 471 g/mol. The average Bonchev–Trinajstić information content (AvgIpc) is 2.68. The van der Waals surface area contributed by atoms with E-state index in [1.54, 1.807) is 42.5 Å². The van der Waals surface area contributed by atoms with Crippen LogP contribution in [0.2, 0.25) is 0 Å². The lowest BCUT2D eigenvalue weighted by Gasteiger charge is -2.13. The molecule has 0 bridgehead atoms. The van der Waals surface area contributed by atoms with Gasteiger partial charge in [0, 0.05) is 28.8 Å². The number of halogens is 1. The number of aromatic hydroxyl groups is 1. The van der Waals surface area contributed by atoms with Crippen LogP contribution in [0.5, 0.6) is 5.75 Å². The molecule has 0 atom stereocenters. The van der Waals surface area contributed by atoms with E-state index >= 15 is 0 Å². The summed E-state index contributed by atoms with van der Waals surface area (Å²) in [6, 6.07) is 12.9. The topological polar surface area (TPSA) is 113 Å². The molecule has 30 heavy (non-hydrogen) atoms. The Kier molecular flexibility index (Phi) is 6.31. The van der Waals surface area contributed by atoms with Crippen LogP contribution in [-0.2, 0) is 11.2 Å². The first-order chi connectivity index (χ1) is 14.3. The fourth-order valence-electron chi connectivity index (χ4n) is 2.84. The lowest BCUT2D eigenvalue weighted by molar-refractivity contribution is -0.114. The van der Waals surface area contributed by atoms with E-state index in [9.17, 15) is 19.5 Å². The van der Waals surface area contributed by atoms with Crippen LogP contribution >= 0.6 is 15.9 Å². The van der Waals surface area contributed by atoms with E-state index < -0.39 is 17.2 Å². The quantitative estimate of drug-likeness (QED) is 0.528. The molecule has 0 fully saturated rings. The van der Waals surface area contributed by atoms with Crippen LogP contribution in [0, 0.1) is 0 Å². The first kappa shape index (κ1) is 21.3. The first-order valence-corrected chi connectivity index (χ1v) is 9.89. The Morgan fingerprint density at radius 3 is 2.43 bits per heavy atom. The van der Waals surface area contributed by atoms with Gasteiger partial charge in [-0.25, -0.2) is 0 Å². The molecule has 0 saturated heterocycles. The van der Waals surface area contributed by atoms with Crippen molar-refractivity contribution in [3.05, 3.63) is 74.6 Å². The summed E-state index contributed by atoms with van der Waals surface area (Å²) in [7, 11) is 0. The van der Waals surface area contributed by atoms with Crippen LogP contribution in [0.4, 0.5) is 11.4 Å². The second-order valence-corrected chi connectivity index (χ2v) is 7.38. The summed E-state index contributed by atoms with van der Waals surface area (Å²) >= 11 is 3.32. The van der Waals surface area contributed by atoms with E-state index in [0.29, 0.717) is 23.5 Å². The summed E-state index contributed by atoms with van der Waals surface area (Å²) in [5.41, 5.74) is 1.39. The molecule has 2 amide bonds. The minimum atomic E-state index is -0.687. The maximum atomic E-state index is 12.8. The van der Waals surface area contributed by atoms with Gasteiger partial charge in [0.25, 0.3) is 11.5 Å². The third-order valence-corrected chi connectivity index (χ3v) is 4.79. The van der Waals surface area contributed by atoms with Crippen molar-refractivity contribution in [2.24, 2.45) is 0 Å². The Morgan fingerprint density at radius 2 is 1.80 bits per heavy atom. The Bertz CT molecular complexity index is 1170. The van der Waals surface area contributed by atoms with Gasteiger partial charge in [0.05, 0.1) is 5.69 Å². The van der Waals surface area contributed by atoms with Crippen LogP contribution in [0.25, 0.3) is 5.69 Å². The number of rotatable bonds is 5. The number of nitrogens with one attached hydrogen (secondary N) is 2. The summed E-state index contributed by atoms with van der Waals surface area (Å²) in [5.74, 6) is -1.45. The van der Waals surface area contributed by atoms with E-state index in [1.807, 2.05) is 6.92 Å². The zero-order valence-corrected chi connectivity index (χ0v) is 17.9. The molecule has 8 nitrogen and oxygen atoms in total. The van der Waals surface area contributed by atoms with E-state index in [-0.39, 0.29) is 11.6 Å². The van der Waals surface area contributed by atoms with Gasteiger partial charge < -0.3 is 15.7 Å². The molecule has 0 radical (unpaired) electrons. The SMILES string of the molecule is CCc1ccc(NC(C)=O)cc1NC(=O)c1nn(-c2ccc(Br)cc2)c(=O)cc1O. The van der Waals surface area contributed by atoms with Crippen LogP contribution in [-0.4, -0.2) is 26.7 Å². The lowest BCUT2D eigenvalue weighted by Crippen LogP contribution is -2.25. The zero-order valence-electron chi connectivity index (χ0n) is 16.3. The number of carbonyl (C=O) groups is 2. The first-order valence-electron chi connectivity index (χ1n) is 9.09. The maximum absolute atomic E-state index is 12.8. The molecule has 1 heterocycles. The van der Waals surface area contributed by atoms with Gasteiger partial charge in [-0.05, 0) is 48.4 Å². The summed E-state index contributed by atoms with van der Waals surface area (Å²) in [6.45, 7) is 3.31. The molecule has 0 unspecified atom stereocenters. The molecule has 154 valence electrons. The molecular weight excluding hydrogens is 452 g/mol. The highest BCUT2D eigenvalue weighted by Crippen LogP contribution is 2.23. The number of aryl methyl sites for hydroxylation is 1. The van der Waals surface area contributed by atoms with Crippen molar-refractivity contribution < 1.29 is 14.7 Å². The van der Waals surface area contributed by atoms with Gasteiger partial charge in [0.15, 0.2) is 11.4 Å². The van der Waals surface area contributed by atoms with Gasteiger partial charge >= 0.3 is 0 Å². The smallest absolute Gasteiger partial charge is 0.280 e. The van der Waals surface area contributed by atoms with Gasteiger partial charge in [-0.15, -0.1) is 0 Å². The number of benzene rings is 2. The molecular formula is C21H19BrN4O4.